The molecule has 0 unspecified atom stereocenters. The van der Waals surface area contributed by atoms with Crippen LogP contribution >= 0.6 is 11.6 Å². The van der Waals surface area contributed by atoms with Crippen LogP contribution in [0.2, 0.25) is 5.02 Å². The van der Waals surface area contributed by atoms with Gasteiger partial charge in [0.25, 0.3) is 0 Å². The lowest BCUT2D eigenvalue weighted by atomic mass is 9.94. The average molecular weight is 468 g/mol. The molecule has 9 heteroatoms. The summed E-state index contributed by atoms with van der Waals surface area (Å²) in [5.41, 5.74) is 5.24. The number of nitrogens with zero attached hydrogens (tertiary/aromatic N) is 5. The van der Waals surface area contributed by atoms with Crippen molar-refractivity contribution in [3.8, 4) is 11.1 Å². The Hall–Kier alpha value is -2.97. The third kappa shape index (κ3) is 5.17. The Kier molecular flexibility index (Phi) is 6.95. The number of rotatable bonds is 6. The van der Waals surface area contributed by atoms with Gasteiger partial charge in [-0.1, -0.05) is 30.2 Å². The first-order valence-corrected chi connectivity index (χ1v) is 11.6. The summed E-state index contributed by atoms with van der Waals surface area (Å²) in [4.78, 5) is 26.6. The van der Waals surface area contributed by atoms with E-state index in [0.717, 1.165) is 59.7 Å². The monoisotopic (exact) mass is 467 g/mol. The lowest BCUT2D eigenvalue weighted by Gasteiger charge is -2.36. The number of anilines is 2. The van der Waals surface area contributed by atoms with Crippen LogP contribution in [0.3, 0.4) is 0 Å². The molecular formula is C24H30ClN7O. The number of carbonyl (C=O) groups excluding carboxylic acids is 1. The first kappa shape index (κ1) is 23.2. The summed E-state index contributed by atoms with van der Waals surface area (Å²) in [5, 5.41) is 10.8. The van der Waals surface area contributed by atoms with Gasteiger partial charge in [-0.3, -0.25) is 14.8 Å². The van der Waals surface area contributed by atoms with Gasteiger partial charge in [-0.15, -0.1) is 0 Å². The van der Waals surface area contributed by atoms with Crippen molar-refractivity contribution in [2.75, 3.05) is 37.4 Å². The van der Waals surface area contributed by atoms with E-state index in [-0.39, 0.29) is 18.5 Å². The molecule has 8 nitrogen and oxygen atoms in total. The fourth-order valence-corrected chi connectivity index (χ4v) is 4.51. The van der Waals surface area contributed by atoms with E-state index in [1.807, 2.05) is 63.3 Å². The average Bonchev–Trinajstić information content (AvgIpc) is 3.11. The maximum atomic E-state index is 13.0. The third-order valence-electron chi connectivity index (χ3n) is 6.01. The van der Waals surface area contributed by atoms with Gasteiger partial charge in [0.2, 0.25) is 11.9 Å². The zero-order valence-electron chi connectivity index (χ0n) is 19.5. The molecule has 0 spiro atoms. The number of aryl methyl sites for hydroxylation is 2. The van der Waals surface area contributed by atoms with Crippen LogP contribution in [0.1, 0.15) is 42.4 Å². The molecule has 174 valence electrons. The zero-order valence-corrected chi connectivity index (χ0v) is 20.3. The lowest BCUT2D eigenvalue weighted by molar-refractivity contribution is -0.118. The first-order valence-electron chi connectivity index (χ1n) is 11.2. The van der Waals surface area contributed by atoms with Crippen LogP contribution in [0.15, 0.2) is 30.5 Å². The second kappa shape index (κ2) is 9.89. The first-order chi connectivity index (χ1) is 15.8. The molecule has 33 heavy (non-hydrogen) atoms. The largest absolute Gasteiger partial charge is 0.347 e. The minimum atomic E-state index is -0.0549. The predicted octanol–water partition coefficient (Wildman–Crippen LogP) is 4.37. The van der Waals surface area contributed by atoms with Gasteiger partial charge in [0, 0.05) is 30.9 Å². The van der Waals surface area contributed by atoms with Gasteiger partial charge in [-0.25, -0.2) is 9.97 Å². The van der Waals surface area contributed by atoms with E-state index >= 15 is 0 Å². The summed E-state index contributed by atoms with van der Waals surface area (Å²) >= 11 is 6.29. The molecule has 1 aliphatic rings. The molecule has 2 N–H and O–H groups in total. The van der Waals surface area contributed by atoms with Crippen LogP contribution in [-0.4, -0.2) is 58.2 Å². The number of hydrogen-bond acceptors (Lipinski definition) is 6. The smallest absolute Gasteiger partial charge is 0.238 e. The lowest BCUT2D eigenvalue weighted by Crippen LogP contribution is -2.40. The number of nitrogens with one attached hydrogen (secondary N) is 2. The SMILES string of the molecule is Cc1n[nH]c(C)c1NC(=O)CN1CCCC[C@@H]1c1nc(N(C)C)ncc1-c1cccc(Cl)c1. The number of benzene rings is 1. The molecule has 3 heterocycles. The number of hydrogen-bond donors (Lipinski definition) is 2. The minimum absolute atomic E-state index is 0.00623. The zero-order chi connectivity index (χ0) is 23.5. The predicted molar refractivity (Wildman–Crippen MR) is 132 cm³/mol. The Labute approximate surface area is 199 Å². The molecule has 1 fully saturated rings. The second-order valence-corrected chi connectivity index (χ2v) is 9.15. The van der Waals surface area contributed by atoms with Crippen molar-refractivity contribution in [2.45, 2.75) is 39.2 Å². The van der Waals surface area contributed by atoms with Crippen molar-refractivity contribution < 1.29 is 4.79 Å². The maximum Gasteiger partial charge on any atom is 0.238 e. The molecule has 1 amide bonds. The van der Waals surface area contributed by atoms with Gasteiger partial charge in [-0.05, 0) is 50.9 Å². The van der Waals surface area contributed by atoms with E-state index in [0.29, 0.717) is 11.0 Å². The maximum absolute atomic E-state index is 13.0. The number of aromatic nitrogens is 4. The van der Waals surface area contributed by atoms with Crippen LogP contribution in [-0.2, 0) is 4.79 Å². The van der Waals surface area contributed by atoms with Crippen molar-refractivity contribution in [3.05, 3.63) is 52.6 Å². The summed E-state index contributed by atoms with van der Waals surface area (Å²) in [6.07, 6.45) is 4.92. The summed E-state index contributed by atoms with van der Waals surface area (Å²) < 4.78 is 0. The number of carbonyl (C=O) groups is 1. The van der Waals surface area contributed by atoms with Crippen LogP contribution in [0, 0.1) is 13.8 Å². The van der Waals surface area contributed by atoms with Gasteiger partial charge < -0.3 is 10.2 Å². The van der Waals surface area contributed by atoms with Crippen molar-refractivity contribution >= 4 is 29.1 Å². The number of likely N-dealkylation sites (tertiary alicyclic amines) is 1. The van der Waals surface area contributed by atoms with Crippen LogP contribution < -0.4 is 10.2 Å². The van der Waals surface area contributed by atoms with Gasteiger partial charge in [0.05, 0.1) is 35.4 Å². The molecular weight excluding hydrogens is 438 g/mol. The van der Waals surface area contributed by atoms with Gasteiger partial charge in [-0.2, -0.15) is 5.10 Å². The van der Waals surface area contributed by atoms with E-state index in [4.69, 9.17) is 16.6 Å². The quantitative estimate of drug-likeness (QED) is 0.559. The molecule has 1 saturated heterocycles. The number of halogens is 1. The second-order valence-electron chi connectivity index (χ2n) is 8.71. The molecule has 0 saturated carbocycles. The highest BCUT2D eigenvalue weighted by Gasteiger charge is 2.30. The number of amides is 1. The number of aromatic amines is 1. The molecule has 0 aliphatic carbocycles. The fraction of sp³-hybridized carbons (Fsp3) is 0.417. The molecule has 1 atom stereocenters. The molecule has 2 aromatic heterocycles. The normalized spacial score (nSPS) is 16.6. The van der Waals surface area contributed by atoms with E-state index in [1.54, 1.807) is 0 Å². The molecule has 1 aromatic carbocycles. The molecule has 4 rings (SSSR count). The van der Waals surface area contributed by atoms with E-state index in [1.165, 1.54) is 0 Å². The highest BCUT2D eigenvalue weighted by molar-refractivity contribution is 6.30. The Balaban J connectivity index is 1.66. The number of H-pyrrole nitrogens is 1. The third-order valence-corrected chi connectivity index (χ3v) is 6.24. The summed E-state index contributed by atoms with van der Waals surface area (Å²) in [6.45, 7) is 4.90. The Morgan fingerprint density at radius 1 is 1.30 bits per heavy atom. The molecule has 3 aromatic rings. The van der Waals surface area contributed by atoms with E-state index in [9.17, 15) is 4.79 Å². The summed E-state index contributed by atoms with van der Waals surface area (Å²) in [5.74, 6) is 0.594. The summed E-state index contributed by atoms with van der Waals surface area (Å²) in [6, 6.07) is 7.75. The van der Waals surface area contributed by atoms with E-state index in [2.05, 4.69) is 25.4 Å². The Morgan fingerprint density at radius 2 is 2.12 bits per heavy atom. The molecule has 1 aliphatic heterocycles. The Morgan fingerprint density at radius 3 is 2.82 bits per heavy atom. The highest BCUT2D eigenvalue weighted by atomic mass is 35.5. The van der Waals surface area contributed by atoms with Gasteiger partial charge in [0.15, 0.2) is 0 Å². The number of piperidine rings is 1. The van der Waals surface area contributed by atoms with Crippen molar-refractivity contribution in [1.29, 1.82) is 0 Å². The van der Waals surface area contributed by atoms with E-state index < -0.39 is 0 Å². The molecule has 0 bridgehead atoms. The minimum Gasteiger partial charge on any atom is -0.347 e. The van der Waals surface area contributed by atoms with Crippen molar-refractivity contribution in [1.82, 2.24) is 25.1 Å². The van der Waals surface area contributed by atoms with Crippen molar-refractivity contribution in [2.24, 2.45) is 0 Å². The summed E-state index contributed by atoms with van der Waals surface area (Å²) in [7, 11) is 3.86. The van der Waals surface area contributed by atoms with Crippen LogP contribution in [0.25, 0.3) is 11.1 Å². The standard InChI is InChI=1S/C24H30ClN7O/c1-15-22(16(2)30-29-15)27-21(33)14-32-11-6-5-10-20(32)23-19(13-26-24(28-23)31(3)4)17-8-7-9-18(25)12-17/h7-9,12-13,20H,5-6,10-11,14H2,1-4H3,(H,27,33)(H,29,30)/t20-/m1/s1. The van der Waals surface area contributed by atoms with Crippen LogP contribution in [0.4, 0.5) is 11.6 Å². The van der Waals surface area contributed by atoms with Gasteiger partial charge in [0.1, 0.15) is 0 Å². The van der Waals surface area contributed by atoms with Crippen molar-refractivity contribution in [3.63, 3.8) is 0 Å². The highest BCUT2D eigenvalue weighted by Crippen LogP contribution is 2.36. The Bertz CT molecular complexity index is 1120. The molecule has 0 radical (unpaired) electrons. The van der Waals surface area contributed by atoms with Crippen LogP contribution in [0.5, 0.6) is 0 Å². The fourth-order valence-electron chi connectivity index (χ4n) is 4.32. The van der Waals surface area contributed by atoms with Gasteiger partial charge >= 0.3 is 0 Å². The topological polar surface area (TPSA) is 90.0 Å².